The molecule has 1 N–H and O–H groups in total. The second-order valence-electron chi connectivity index (χ2n) is 9.77. The van der Waals surface area contributed by atoms with Crippen LogP contribution < -0.4 is 10.1 Å². The number of carbonyl (C=O) groups excluding carboxylic acids is 1. The number of nitrogens with one attached hydrogen (secondary N) is 1. The average Bonchev–Trinajstić information content (AvgIpc) is 3.36. The molecule has 0 saturated carbocycles. The first-order valence-electron chi connectivity index (χ1n) is 11.7. The summed E-state index contributed by atoms with van der Waals surface area (Å²) < 4.78 is 12.9. The maximum Gasteiger partial charge on any atom is 0.229 e. The van der Waals surface area contributed by atoms with Gasteiger partial charge in [0.05, 0.1) is 29.9 Å². The summed E-state index contributed by atoms with van der Waals surface area (Å²) >= 11 is 0. The van der Waals surface area contributed by atoms with Gasteiger partial charge in [0.2, 0.25) is 5.91 Å². The average molecular weight is 473 g/mol. The van der Waals surface area contributed by atoms with Crippen LogP contribution in [-0.2, 0) is 29.8 Å². The number of hydrogen-bond donors (Lipinski definition) is 1. The topological polar surface area (TPSA) is 82.2 Å². The SMILES string of the molecule is Cc1noc(C)c1COc1ccc(CC(=O)Nc2cc(C(C)(C)C)nn2Cc2ccccc2)cc1. The number of benzene rings is 2. The Hall–Kier alpha value is -3.87. The molecule has 0 radical (unpaired) electrons. The van der Waals surface area contributed by atoms with Crippen molar-refractivity contribution in [2.75, 3.05) is 5.32 Å². The Morgan fingerprint density at radius 3 is 2.37 bits per heavy atom. The van der Waals surface area contributed by atoms with Crippen LogP contribution in [0.5, 0.6) is 5.75 Å². The van der Waals surface area contributed by atoms with Crippen molar-refractivity contribution in [2.45, 2.75) is 59.6 Å². The van der Waals surface area contributed by atoms with Gasteiger partial charge in [-0.3, -0.25) is 4.79 Å². The zero-order chi connectivity index (χ0) is 25.0. The maximum absolute atomic E-state index is 12.9. The van der Waals surface area contributed by atoms with Gasteiger partial charge < -0.3 is 14.6 Å². The normalized spacial score (nSPS) is 11.5. The molecule has 35 heavy (non-hydrogen) atoms. The molecule has 0 bridgehead atoms. The van der Waals surface area contributed by atoms with Gasteiger partial charge in [-0.15, -0.1) is 0 Å². The molecule has 0 aliphatic rings. The van der Waals surface area contributed by atoms with E-state index in [2.05, 4.69) is 43.4 Å². The summed E-state index contributed by atoms with van der Waals surface area (Å²) in [5.74, 6) is 2.09. The van der Waals surface area contributed by atoms with E-state index in [4.69, 9.17) is 14.4 Å². The molecule has 0 unspecified atom stereocenters. The number of carbonyl (C=O) groups is 1. The molecule has 0 aliphatic heterocycles. The van der Waals surface area contributed by atoms with E-state index in [-0.39, 0.29) is 17.7 Å². The standard InChI is InChI=1S/C28H32N4O3/c1-19-24(20(2)35-31-19)18-34-23-13-11-21(12-14-23)15-27(33)29-26-16-25(28(3,4)5)30-32(26)17-22-9-7-6-8-10-22/h6-14,16H,15,17-18H2,1-5H3,(H,29,33). The number of aromatic nitrogens is 3. The molecule has 1 amide bonds. The lowest BCUT2D eigenvalue weighted by molar-refractivity contribution is -0.115. The van der Waals surface area contributed by atoms with Crippen molar-refractivity contribution in [3.05, 3.63) is 94.5 Å². The molecule has 2 aromatic heterocycles. The number of nitrogens with zero attached hydrogens (tertiary/aromatic N) is 3. The number of hydrogen-bond acceptors (Lipinski definition) is 5. The number of rotatable bonds is 8. The predicted octanol–water partition coefficient (Wildman–Crippen LogP) is 5.59. The highest BCUT2D eigenvalue weighted by molar-refractivity contribution is 5.91. The smallest absolute Gasteiger partial charge is 0.229 e. The van der Waals surface area contributed by atoms with Crippen LogP contribution in [0.2, 0.25) is 0 Å². The second-order valence-corrected chi connectivity index (χ2v) is 9.77. The zero-order valence-electron chi connectivity index (χ0n) is 21.0. The number of ether oxygens (including phenoxy) is 1. The van der Waals surface area contributed by atoms with Gasteiger partial charge in [0.25, 0.3) is 0 Å². The van der Waals surface area contributed by atoms with Crippen LogP contribution in [0, 0.1) is 13.8 Å². The van der Waals surface area contributed by atoms with Crippen LogP contribution in [0.1, 0.15) is 54.6 Å². The molecule has 0 spiro atoms. The summed E-state index contributed by atoms with van der Waals surface area (Å²) in [6, 6.07) is 19.6. The summed E-state index contributed by atoms with van der Waals surface area (Å²) in [5.41, 5.74) is 4.62. The Kier molecular flexibility index (Phi) is 7.05. The molecule has 2 aromatic carbocycles. The first kappa shape index (κ1) is 24.3. The van der Waals surface area contributed by atoms with Gasteiger partial charge in [0.1, 0.15) is 23.9 Å². The van der Waals surface area contributed by atoms with Crippen molar-refractivity contribution in [2.24, 2.45) is 0 Å². The zero-order valence-corrected chi connectivity index (χ0v) is 21.0. The first-order valence-corrected chi connectivity index (χ1v) is 11.7. The summed E-state index contributed by atoms with van der Waals surface area (Å²) in [5, 5.41) is 11.8. The fourth-order valence-corrected chi connectivity index (χ4v) is 3.70. The second kappa shape index (κ2) is 10.2. The quantitative estimate of drug-likeness (QED) is 0.361. The van der Waals surface area contributed by atoms with E-state index in [0.717, 1.165) is 39.6 Å². The lowest BCUT2D eigenvalue weighted by Gasteiger charge is -2.14. The van der Waals surface area contributed by atoms with Crippen molar-refractivity contribution in [3.8, 4) is 5.75 Å². The number of amides is 1. The summed E-state index contributed by atoms with van der Waals surface area (Å²) in [6.45, 7) is 11.1. The molecule has 2 heterocycles. The fourth-order valence-electron chi connectivity index (χ4n) is 3.70. The third-order valence-electron chi connectivity index (χ3n) is 5.84. The highest BCUT2D eigenvalue weighted by Crippen LogP contribution is 2.25. The van der Waals surface area contributed by atoms with E-state index < -0.39 is 0 Å². The summed E-state index contributed by atoms with van der Waals surface area (Å²) in [4.78, 5) is 12.9. The Morgan fingerprint density at radius 2 is 1.74 bits per heavy atom. The highest BCUT2D eigenvalue weighted by atomic mass is 16.5. The van der Waals surface area contributed by atoms with Crippen LogP contribution in [0.3, 0.4) is 0 Å². The van der Waals surface area contributed by atoms with Gasteiger partial charge in [0, 0.05) is 11.5 Å². The number of aryl methyl sites for hydroxylation is 2. The van der Waals surface area contributed by atoms with Crippen molar-refractivity contribution in [1.82, 2.24) is 14.9 Å². The third-order valence-corrected chi connectivity index (χ3v) is 5.84. The Balaban J connectivity index is 1.41. The first-order chi connectivity index (χ1) is 16.7. The minimum absolute atomic E-state index is 0.0935. The van der Waals surface area contributed by atoms with Crippen molar-refractivity contribution < 1.29 is 14.1 Å². The van der Waals surface area contributed by atoms with Crippen molar-refractivity contribution in [3.63, 3.8) is 0 Å². The third kappa shape index (κ3) is 6.18. The molecule has 0 saturated heterocycles. The van der Waals surface area contributed by atoms with Crippen LogP contribution >= 0.6 is 0 Å². The maximum atomic E-state index is 12.9. The Morgan fingerprint density at radius 1 is 1.03 bits per heavy atom. The van der Waals surface area contributed by atoms with Crippen molar-refractivity contribution in [1.29, 1.82) is 0 Å². The van der Waals surface area contributed by atoms with Crippen LogP contribution in [0.4, 0.5) is 5.82 Å². The monoisotopic (exact) mass is 472 g/mol. The molecule has 4 rings (SSSR count). The molecule has 0 atom stereocenters. The summed E-state index contributed by atoms with van der Waals surface area (Å²) in [7, 11) is 0. The predicted molar refractivity (Wildman–Crippen MR) is 136 cm³/mol. The van der Waals surface area contributed by atoms with E-state index in [1.165, 1.54) is 0 Å². The van der Waals surface area contributed by atoms with Gasteiger partial charge >= 0.3 is 0 Å². The van der Waals surface area contributed by atoms with Crippen molar-refractivity contribution >= 4 is 11.7 Å². The minimum atomic E-state index is -0.124. The van der Waals surface area contributed by atoms with Gasteiger partial charge in [-0.1, -0.05) is 68.4 Å². The largest absolute Gasteiger partial charge is 0.489 e. The molecule has 4 aromatic rings. The fraction of sp³-hybridized carbons (Fsp3) is 0.321. The van der Waals surface area contributed by atoms with Gasteiger partial charge in [0.15, 0.2) is 0 Å². The lowest BCUT2D eigenvalue weighted by atomic mass is 9.92. The van der Waals surface area contributed by atoms with Crippen LogP contribution in [-0.4, -0.2) is 20.8 Å². The summed E-state index contributed by atoms with van der Waals surface area (Å²) in [6.07, 6.45) is 0.255. The molecular weight excluding hydrogens is 440 g/mol. The van der Waals surface area contributed by atoms with Crippen LogP contribution in [0.25, 0.3) is 0 Å². The van der Waals surface area contributed by atoms with Crippen LogP contribution in [0.15, 0.2) is 65.2 Å². The van der Waals surface area contributed by atoms with E-state index in [1.807, 2.05) is 67.1 Å². The van der Waals surface area contributed by atoms with E-state index in [1.54, 1.807) is 0 Å². The Bertz CT molecular complexity index is 1260. The molecule has 0 aliphatic carbocycles. The molecule has 7 nitrogen and oxygen atoms in total. The highest BCUT2D eigenvalue weighted by Gasteiger charge is 2.21. The van der Waals surface area contributed by atoms with E-state index in [0.29, 0.717) is 19.0 Å². The number of anilines is 1. The van der Waals surface area contributed by atoms with Gasteiger partial charge in [-0.05, 0) is 37.1 Å². The van der Waals surface area contributed by atoms with E-state index >= 15 is 0 Å². The lowest BCUT2D eigenvalue weighted by Crippen LogP contribution is -2.18. The molecular formula is C28H32N4O3. The minimum Gasteiger partial charge on any atom is -0.489 e. The van der Waals surface area contributed by atoms with Gasteiger partial charge in [-0.2, -0.15) is 5.10 Å². The molecule has 182 valence electrons. The Labute approximate surface area is 206 Å². The molecule has 7 heteroatoms. The van der Waals surface area contributed by atoms with Gasteiger partial charge in [-0.25, -0.2) is 4.68 Å². The van der Waals surface area contributed by atoms with E-state index in [9.17, 15) is 4.79 Å². The molecule has 0 fully saturated rings.